The standard InChI is InChI=1S/C12H10ClFN4O/c13-9-3-1-7(5-10(9)14)17-12(19)11-4-2-8(18-15)6-16-11/h1-6,18H,15H2,(H,17,19). The zero-order valence-electron chi connectivity index (χ0n) is 9.65. The van der Waals surface area contributed by atoms with Crippen molar-refractivity contribution in [2.24, 2.45) is 5.84 Å². The van der Waals surface area contributed by atoms with Gasteiger partial charge in [0.05, 0.1) is 16.9 Å². The van der Waals surface area contributed by atoms with Crippen LogP contribution >= 0.6 is 11.6 Å². The Balaban J connectivity index is 2.13. The Labute approximate surface area is 113 Å². The molecule has 0 aliphatic heterocycles. The molecule has 0 radical (unpaired) electrons. The molecule has 2 aromatic rings. The second kappa shape index (κ2) is 5.64. The number of amides is 1. The first-order chi connectivity index (χ1) is 9.10. The second-order valence-corrected chi connectivity index (χ2v) is 4.07. The highest BCUT2D eigenvalue weighted by Gasteiger charge is 2.09. The van der Waals surface area contributed by atoms with E-state index < -0.39 is 11.7 Å². The minimum atomic E-state index is -0.602. The number of anilines is 2. The van der Waals surface area contributed by atoms with E-state index in [1.54, 1.807) is 6.07 Å². The molecule has 1 heterocycles. The lowest BCUT2D eigenvalue weighted by Crippen LogP contribution is -2.14. The van der Waals surface area contributed by atoms with Crippen LogP contribution in [0.15, 0.2) is 36.5 Å². The van der Waals surface area contributed by atoms with Gasteiger partial charge in [-0.2, -0.15) is 0 Å². The Hall–Kier alpha value is -2.18. The third kappa shape index (κ3) is 3.18. The number of nitrogens with two attached hydrogens (primary N) is 1. The third-order valence-corrected chi connectivity index (χ3v) is 2.65. The fraction of sp³-hybridized carbons (Fsp3) is 0. The first kappa shape index (κ1) is 13.3. The molecule has 2 rings (SSSR count). The summed E-state index contributed by atoms with van der Waals surface area (Å²) >= 11 is 5.55. The number of hydrazine groups is 1. The van der Waals surface area contributed by atoms with Crippen LogP contribution in [-0.4, -0.2) is 10.9 Å². The van der Waals surface area contributed by atoms with Gasteiger partial charge >= 0.3 is 0 Å². The normalized spacial score (nSPS) is 10.1. The molecule has 98 valence electrons. The highest BCUT2D eigenvalue weighted by atomic mass is 35.5. The summed E-state index contributed by atoms with van der Waals surface area (Å²) in [5.41, 5.74) is 3.47. The maximum Gasteiger partial charge on any atom is 0.274 e. The van der Waals surface area contributed by atoms with Crippen LogP contribution in [0.1, 0.15) is 10.5 Å². The van der Waals surface area contributed by atoms with Gasteiger partial charge in [0.2, 0.25) is 0 Å². The maximum absolute atomic E-state index is 13.2. The summed E-state index contributed by atoms with van der Waals surface area (Å²) in [7, 11) is 0. The lowest BCUT2D eigenvalue weighted by Gasteiger charge is -2.06. The number of pyridine rings is 1. The average Bonchev–Trinajstić information content (AvgIpc) is 2.43. The number of hydrogen-bond acceptors (Lipinski definition) is 4. The molecule has 0 saturated carbocycles. The first-order valence-corrected chi connectivity index (χ1v) is 5.67. The highest BCUT2D eigenvalue weighted by molar-refractivity contribution is 6.30. The van der Waals surface area contributed by atoms with E-state index in [1.165, 1.54) is 24.4 Å². The van der Waals surface area contributed by atoms with Crippen LogP contribution in [0.2, 0.25) is 5.02 Å². The van der Waals surface area contributed by atoms with E-state index in [1.807, 2.05) is 0 Å². The van der Waals surface area contributed by atoms with E-state index in [0.717, 1.165) is 6.07 Å². The first-order valence-electron chi connectivity index (χ1n) is 5.29. The minimum absolute atomic E-state index is 0.00510. The molecular formula is C12H10ClFN4O. The van der Waals surface area contributed by atoms with Gasteiger partial charge < -0.3 is 10.7 Å². The van der Waals surface area contributed by atoms with E-state index in [9.17, 15) is 9.18 Å². The molecule has 0 fully saturated rings. The Morgan fingerprint density at radius 2 is 2.00 bits per heavy atom. The van der Waals surface area contributed by atoms with Gasteiger partial charge in [-0.25, -0.2) is 9.37 Å². The summed E-state index contributed by atoms with van der Waals surface area (Å²) < 4.78 is 13.2. The lowest BCUT2D eigenvalue weighted by atomic mass is 10.2. The predicted molar refractivity (Wildman–Crippen MR) is 71.4 cm³/mol. The molecule has 1 aromatic heterocycles. The molecule has 0 saturated heterocycles. The molecule has 0 aliphatic carbocycles. The number of carbonyl (C=O) groups excluding carboxylic acids is 1. The number of nitrogens with one attached hydrogen (secondary N) is 2. The molecule has 0 unspecified atom stereocenters. The number of carbonyl (C=O) groups is 1. The van der Waals surface area contributed by atoms with Crippen molar-refractivity contribution in [2.45, 2.75) is 0 Å². The van der Waals surface area contributed by atoms with Crippen LogP contribution < -0.4 is 16.6 Å². The van der Waals surface area contributed by atoms with Gasteiger partial charge in [-0.3, -0.25) is 10.6 Å². The number of benzene rings is 1. The Bertz CT molecular complexity index is 603. The van der Waals surface area contributed by atoms with Crippen molar-refractivity contribution in [3.05, 3.63) is 53.1 Å². The van der Waals surface area contributed by atoms with Gasteiger partial charge in [-0.05, 0) is 30.3 Å². The number of aromatic nitrogens is 1. The van der Waals surface area contributed by atoms with Crippen molar-refractivity contribution in [3.63, 3.8) is 0 Å². The van der Waals surface area contributed by atoms with Gasteiger partial charge in [0, 0.05) is 5.69 Å². The second-order valence-electron chi connectivity index (χ2n) is 3.66. The van der Waals surface area contributed by atoms with Crippen LogP contribution in [0.5, 0.6) is 0 Å². The van der Waals surface area contributed by atoms with Crippen molar-refractivity contribution in [2.75, 3.05) is 10.7 Å². The molecule has 7 heteroatoms. The van der Waals surface area contributed by atoms with E-state index in [-0.39, 0.29) is 10.7 Å². The molecule has 5 nitrogen and oxygen atoms in total. The molecule has 19 heavy (non-hydrogen) atoms. The van der Waals surface area contributed by atoms with Crippen LogP contribution in [-0.2, 0) is 0 Å². The number of halogens is 2. The number of rotatable bonds is 3. The minimum Gasteiger partial charge on any atom is -0.323 e. The van der Waals surface area contributed by atoms with Crippen molar-refractivity contribution < 1.29 is 9.18 Å². The molecule has 1 aromatic carbocycles. The lowest BCUT2D eigenvalue weighted by molar-refractivity contribution is 0.102. The zero-order chi connectivity index (χ0) is 13.8. The van der Waals surface area contributed by atoms with Gasteiger partial charge in [-0.15, -0.1) is 0 Å². The maximum atomic E-state index is 13.2. The Morgan fingerprint density at radius 3 is 2.58 bits per heavy atom. The highest BCUT2D eigenvalue weighted by Crippen LogP contribution is 2.19. The average molecular weight is 281 g/mol. The fourth-order valence-electron chi connectivity index (χ4n) is 1.38. The Kier molecular flexibility index (Phi) is 3.94. The number of nitrogens with zero attached hydrogens (tertiary/aromatic N) is 1. The van der Waals surface area contributed by atoms with Gasteiger partial charge in [-0.1, -0.05) is 11.6 Å². The fourth-order valence-corrected chi connectivity index (χ4v) is 1.50. The summed E-state index contributed by atoms with van der Waals surface area (Å²) in [4.78, 5) is 15.7. The zero-order valence-corrected chi connectivity index (χ0v) is 10.4. The quantitative estimate of drug-likeness (QED) is 0.596. The van der Waals surface area contributed by atoms with E-state index in [2.05, 4.69) is 15.7 Å². The van der Waals surface area contributed by atoms with Crippen LogP contribution in [0.4, 0.5) is 15.8 Å². The summed E-state index contributed by atoms with van der Waals surface area (Å²) in [6.45, 7) is 0. The number of nitrogen functional groups attached to an aromatic ring is 1. The molecule has 1 amide bonds. The van der Waals surface area contributed by atoms with Crippen molar-refractivity contribution in [1.29, 1.82) is 0 Å². The van der Waals surface area contributed by atoms with Crippen LogP contribution in [0.3, 0.4) is 0 Å². The molecule has 4 N–H and O–H groups in total. The summed E-state index contributed by atoms with van der Waals surface area (Å²) in [6.07, 6.45) is 1.41. The monoisotopic (exact) mass is 280 g/mol. The summed E-state index contributed by atoms with van der Waals surface area (Å²) in [5.74, 6) is 4.13. The number of hydrogen-bond donors (Lipinski definition) is 3. The third-order valence-electron chi connectivity index (χ3n) is 2.34. The Morgan fingerprint density at radius 1 is 1.26 bits per heavy atom. The van der Waals surface area contributed by atoms with Crippen molar-refractivity contribution in [3.8, 4) is 0 Å². The smallest absolute Gasteiger partial charge is 0.274 e. The van der Waals surface area contributed by atoms with Gasteiger partial charge in [0.1, 0.15) is 11.5 Å². The van der Waals surface area contributed by atoms with E-state index in [0.29, 0.717) is 11.4 Å². The van der Waals surface area contributed by atoms with Crippen molar-refractivity contribution >= 4 is 28.9 Å². The molecule has 0 atom stereocenters. The summed E-state index contributed by atoms with van der Waals surface area (Å²) in [5, 5.41) is 2.51. The van der Waals surface area contributed by atoms with E-state index >= 15 is 0 Å². The van der Waals surface area contributed by atoms with Crippen LogP contribution in [0, 0.1) is 5.82 Å². The molecule has 0 aliphatic rings. The topological polar surface area (TPSA) is 80.0 Å². The molecule has 0 spiro atoms. The largest absolute Gasteiger partial charge is 0.323 e. The SMILES string of the molecule is NNc1ccc(C(=O)Nc2ccc(Cl)c(F)c2)nc1. The molecule has 0 bridgehead atoms. The van der Waals surface area contributed by atoms with E-state index in [4.69, 9.17) is 17.4 Å². The van der Waals surface area contributed by atoms with Gasteiger partial charge in [0.15, 0.2) is 0 Å². The predicted octanol–water partition coefficient (Wildman–Crippen LogP) is 2.41. The van der Waals surface area contributed by atoms with Crippen LogP contribution in [0.25, 0.3) is 0 Å². The summed E-state index contributed by atoms with van der Waals surface area (Å²) in [6, 6.07) is 7.09. The van der Waals surface area contributed by atoms with Crippen molar-refractivity contribution in [1.82, 2.24) is 4.98 Å². The molecular weight excluding hydrogens is 271 g/mol. The van der Waals surface area contributed by atoms with Gasteiger partial charge in [0.25, 0.3) is 5.91 Å².